The Bertz CT molecular complexity index is 947. The normalized spacial score (nSPS) is 15.6. The Kier molecular flexibility index (Phi) is 5.54. The van der Waals surface area contributed by atoms with E-state index in [1.165, 1.54) is 34.7 Å². The Morgan fingerprint density at radius 2 is 2.04 bits per heavy atom. The molecule has 3 heterocycles. The summed E-state index contributed by atoms with van der Waals surface area (Å²) in [5.74, 6) is -0.548. The molecule has 1 aromatic carbocycles. The summed E-state index contributed by atoms with van der Waals surface area (Å²) in [5.41, 5.74) is 1.43. The molecule has 1 atom stereocenters. The molecule has 7 heteroatoms. The van der Waals surface area contributed by atoms with Crippen LogP contribution >= 0.6 is 11.3 Å². The van der Waals surface area contributed by atoms with Crippen LogP contribution in [0.15, 0.2) is 48.0 Å². The monoisotopic (exact) mass is 398 g/mol. The molecule has 0 spiro atoms. The van der Waals surface area contributed by atoms with E-state index in [0.717, 1.165) is 13.1 Å². The number of benzene rings is 1. The fourth-order valence-electron chi connectivity index (χ4n) is 3.73. The first kappa shape index (κ1) is 18.8. The minimum atomic E-state index is -0.368. The highest BCUT2D eigenvalue weighted by atomic mass is 32.1. The lowest BCUT2D eigenvalue weighted by Crippen LogP contribution is -2.36. The minimum absolute atomic E-state index is 0.180. The third-order valence-corrected chi connectivity index (χ3v) is 6.22. The number of aromatic nitrogens is 2. The summed E-state index contributed by atoms with van der Waals surface area (Å²) in [4.78, 5) is 16.5. The molecule has 1 aliphatic rings. The molecule has 0 radical (unpaired) electrons. The maximum Gasteiger partial charge on any atom is 0.254 e. The van der Waals surface area contributed by atoms with Crippen molar-refractivity contribution in [3.05, 3.63) is 69.9 Å². The second-order valence-corrected chi connectivity index (χ2v) is 7.97. The molecule has 0 saturated carbocycles. The van der Waals surface area contributed by atoms with Gasteiger partial charge in [0, 0.05) is 11.4 Å². The van der Waals surface area contributed by atoms with Crippen LogP contribution in [0, 0.1) is 12.7 Å². The first-order valence-corrected chi connectivity index (χ1v) is 10.4. The quantitative estimate of drug-likeness (QED) is 0.684. The molecular formula is C21H23FN4OS. The molecule has 0 bridgehead atoms. The molecule has 1 amide bonds. The van der Waals surface area contributed by atoms with Crippen LogP contribution in [0.2, 0.25) is 0 Å². The predicted octanol–water partition coefficient (Wildman–Crippen LogP) is 3.95. The number of hydrogen-bond acceptors (Lipinski definition) is 4. The van der Waals surface area contributed by atoms with Gasteiger partial charge in [-0.1, -0.05) is 18.2 Å². The summed E-state index contributed by atoms with van der Waals surface area (Å²) in [5, 5.41) is 9.37. The van der Waals surface area contributed by atoms with E-state index in [9.17, 15) is 9.18 Å². The summed E-state index contributed by atoms with van der Waals surface area (Å²) >= 11 is 1.72. The number of carbonyl (C=O) groups excluding carboxylic acids is 1. The fourth-order valence-corrected chi connectivity index (χ4v) is 4.59. The van der Waals surface area contributed by atoms with Gasteiger partial charge in [0.2, 0.25) is 0 Å². The Hall–Kier alpha value is -2.51. The van der Waals surface area contributed by atoms with Crippen LogP contribution in [0.25, 0.3) is 5.69 Å². The number of thiophene rings is 1. The molecule has 146 valence electrons. The van der Waals surface area contributed by atoms with Crippen LogP contribution in [0.3, 0.4) is 0 Å². The lowest BCUT2D eigenvalue weighted by atomic mass is 10.2. The van der Waals surface area contributed by atoms with Crippen LogP contribution in [-0.4, -0.2) is 40.2 Å². The molecule has 0 aliphatic carbocycles. The predicted molar refractivity (Wildman–Crippen MR) is 108 cm³/mol. The van der Waals surface area contributed by atoms with Gasteiger partial charge in [0.1, 0.15) is 11.5 Å². The highest BCUT2D eigenvalue weighted by Gasteiger charge is 2.25. The van der Waals surface area contributed by atoms with Gasteiger partial charge in [-0.2, -0.15) is 5.10 Å². The SMILES string of the molecule is Cc1c(C(=O)NC[C@H](c2cccs2)N2CCCC2)cnn1-c1ccccc1F. The van der Waals surface area contributed by atoms with Crippen molar-refractivity contribution in [2.75, 3.05) is 19.6 Å². The summed E-state index contributed by atoms with van der Waals surface area (Å²) in [6.07, 6.45) is 3.90. The standard InChI is InChI=1S/C21H23FN4OS/c1-15-16(13-24-26(15)18-8-3-2-7-17(18)22)21(27)23-14-19(20-9-6-12-28-20)25-10-4-5-11-25/h2-3,6-9,12-13,19H,4-5,10-11,14H2,1H3,(H,23,27)/t19-/m1/s1. The second-order valence-electron chi connectivity index (χ2n) is 6.99. The van der Waals surface area contributed by atoms with E-state index in [2.05, 4.69) is 26.8 Å². The van der Waals surface area contributed by atoms with E-state index in [1.807, 2.05) is 6.07 Å². The lowest BCUT2D eigenvalue weighted by Gasteiger charge is -2.26. The van der Waals surface area contributed by atoms with Crippen LogP contribution in [0.5, 0.6) is 0 Å². The number of likely N-dealkylation sites (tertiary alicyclic amines) is 1. The Labute approximate surface area is 167 Å². The van der Waals surface area contributed by atoms with Crippen molar-refractivity contribution in [3.63, 3.8) is 0 Å². The van der Waals surface area contributed by atoms with Gasteiger partial charge in [0.05, 0.1) is 23.5 Å². The number of para-hydroxylation sites is 1. The topological polar surface area (TPSA) is 50.2 Å². The van der Waals surface area contributed by atoms with E-state index in [4.69, 9.17) is 0 Å². The molecule has 4 rings (SSSR count). The van der Waals surface area contributed by atoms with E-state index in [0.29, 0.717) is 23.5 Å². The van der Waals surface area contributed by atoms with Crippen molar-refractivity contribution < 1.29 is 9.18 Å². The first-order chi connectivity index (χ1) is 13.6. The van der Waals surface area contributed by atoms with Crippen LogP contribution in [0.1, 0.15) is 39.8 Å². The number of amides is 1. The van der Waals surface area contributed by atoms with E-state index in [1.54, 1.807) is 36.5 Å². The highest BCUT2D eigenvalue weighted by Crippen LogP contribution is 2.28. The van der Waals surface area contributed by atoms with Gasteiger partial charge in [-0.05, 0) is 56.4 Å². The van der Waals surface area contributed by atoms with Crippen molar-refractivity contribution in [1.29, 1.82) is 0 Å². The van der Waals surface area contributed by atoms with Gasteiger partial charge in [0.15, 0.2) is 0 Å². The molecule has 1 saturated heterocycles. The highest BCUT2D eigenvalue weighted by molar-refractivity contribution is 7.10. The Morgan fingerprint density at radius 3 is 2.75 bits per heavy atom. The van der Waals surface area contributed by atoms with E-state index < -0.39 is 0 Å². The minimum Gasteiger partial charge on any atom is -0.350 e. The molecule has 1 fully saturated rings. The maximum absolute atomic E-state index is 14.1. The van der Waals surface area contributed by atoms with Crippen LogP contribution in [-0.2, 0) is 0 Å². The summed E-state index contributed by atoms with van der Waals surface area (Å²) in [6, 6.07) is 10.8. The maximum atomic E-state index is 14.1. The number of hydrogen-bond donors (Lipinski definition) is 1. The van der Waals surface area contributed by atoms with Gasteiger partial charge in [0.25, 0.3) is 5.91 Å². The summed E-state index contributed by atoms with van der Waals surface area (Å²) in [7, 11) is 0. The van der Waals surface area contributed by atoms with Crippen molar-refractivity contribution in [1.82, 2.24) is 20.0 Å². The average molecular weight is 399 g/mol. The number of nitrogens with one attached hydrogen (secondary N) is 1. The van der Waals surface area contributed by atoms with Crippen molar-refractivity contribution in [2.24, 2.45) is 0 Å². The lowest BCUT2D eigenvalue weighted by molar-refractivity contribution is 0.0937. The van der Waals surface area contributed by atoms with Crippen LogP contribution < -0.4 is 5.32 Å². The van der Waals surface area contributed by atoms with Gasteiger partial charge in [-0.3, -0.25) is 9.69 Å². The summed E-state index contributed by atoms with van der Waals surface area (Å²) in [6.45, 7) is 4.45. The number of carbonyl (C=O) groups is 1. The van der Waals surface area contributed by atoms with Gasteiger partial charge in [-0.25, -0.2) is 9.07 Å². The molecule has 5 nitrogen and oxygen atoms in total. The first-order valence-electron chi connectivity index (χ1n) is 9.50. The van der Waals surface area contributed by atoms with Gasteiger partial charge < -0.3 is 5.32 Å². The second kappa shape index (κ2) is 8.24. The smallest absolute Gasteiger partial charge is 0.254 e. The molecule has 1 aliphatic heterocycles. The number of halogens is 1. The fraction of sp³-hybridized carbons (Fsp3) is 0.333. The Morgan fingerprint density at radius 1 is 1.25 bits per heavy atom. The third-order valence-electron chi connectivity index (χ3n) is 5.24. The van der Waals surface area contributed by atoms with Crippen LogP contribution in [0.4, 0.5) is 4.39 Å². The molecule has 28 heavy (non-hydrogen) atoms. The number of nitrogens with zero attached hydrogens (tertiary/aromatic N) is 3. The molecular weight excluding hydrogens is 375 g/mol. The summed E-state index contributed by atoms with van der Waals surface area (Å²) < 4.78 is 15.6. The third kappa shape index (κ3) is 3.72. The van der Waals surface area contributed by atoms with Crippen molar-refractivity contribution in [2.45, 2.75) is 25.8 Å². The average Bonchev–Trinajstić information content (AvgIpc) is 3.45. The zero-order valence-corrected chi connectivity index (χ0v) is 16.6. The molecule has 2 aromatic heterocycles. The van der Waals surface area contributed by atoms with Crippen molar-refractivity contribution in [3.8, 4) is 5.69 Å². The van der Waals surface area contributed by atoms with Crippen molar-refractivity contribution >= 4 is 17.2 Å². The zero-order chi connectivity index (χ0) is 19.5. The molecule has 0 unspecified atom stereocenters. The molecule has 3 aromatic rings. The van der Waals surface area contributed by atoms with E-state index >= 15 is 0 Å². The van der Waals surface area contributed by atoms with Gasteiger partial charge >= 0.3 is 0 Å². The number of rotatable bonds is 6. The van der Waals surface area contributed by atoms with E-state index in [-0.39, 0.29) is 17.8 Å². The largest absolute Gasteiger partial charge is 0.350 e. The Balaban J connectivity index is 1.50. The van der Waals surface area contributed by atoms with Gasteiger partial charge in [-0.15, -0.1) is 11.3 Å². The zero-order valence-electron chi connectivity index (χ0n) is 15.8. The molecule has 1 N–H and O–H groups in total.